The van der Waals surface area contributed by atoms with Gasteiger partial charge in [0.2, 0.25) is 0 Å². The van der Waals surface area contributed by atoms with Crippen molar-refractivity contribution in [2.75, 3.05) is 7.11 Å². The van der Waals surface area contributed by atoms with E-state index in [4.69, 9.17) is 10.5 Å². The van der Waals surface area contributed by atoms with E-state index >= 15 is 0 Å². The van der Waals surface area contributed by atoms with E-state index < -0.39 is 0 Å². The maximum Gasteiger partial charge on any atom is 0.127 e. The van der Waals surface area contributed by atoms with Gasteiger partial charge >= 0.3 is 0 Å². The Labute approximate surface area is 107 Å². The van der Waals surface area contributed by atoms with Crippen LogP contribution in [0, 0.1) is 13.8 Å². The first-order valence-electron chi connectivity index (χ1n) is 5.95. The first-order chi connectivity index (χ1) is 8.58. The van der Waals surface area contributed by atoms with Crippen LogP contribution >= 0.6 is 0 Å². The van der Waals surface area contributed by atoms with E-state index in [1.54, 1.807) is 7.11 Å². The summed E-state index contributed by atoms with van der Waals surface area (Å²) in [6, 6.07) is 4.18. The predicted octanol–water partition coefficient (Wildman–Crippen LogP) is 2.17. The molecule has 0 fully saturated rings. The van der Waals surface area contributed by atoms with Crippen molar-refractivity contribution >= 4 is 0 Å². The molecule has 2 N–H and O–H groups in total. The van der Waals surface area contributed by atoms with Gasteiger partial charge in [0.1, 0.15) is 5.75 Å². The molecule has 1 heterocycles. The molecule has 0 saturated carbocycles. The summed E-state index contributed by atoms with van der Waals surface area (Å²) < 4.78 is 7.28. The fraction of sp³-hybridized carbons (Fsp3) is 0.357. The van der Waals surface area contributed by atoms with Gasteiger partial charge in [-0.15, -0.1) is 0 Å². The van der Waals surface area contributed by atoms with Crippen LogP contribution in [-0.4, -0.2) is 16.9 Å². The van der Waals surface area contributed by atoms with Gasteiger partial charge in [0.15, 0.2) is 0 Å². The highest BCUT2D eigenvalue weighted by molar-refractivity contribution is 5.73. The number of methoxy groups -OCH3 is 1. The Kier molecular flexibility index (Phi) is 3.39. The van der Waals surface area contributed by atoms with E-state index in [-0.39, 0.29) is 0 Å². The summed E-state index contributed by atoms with van der Waals surface area (Å²) in [6.07, 6.45) is 1.84. The molecular formula is C14H19N3O. The second kappa shape index (κ2) is 4.82. The first-order valence-corrected chi connectivity index (χ1v) is 5.95. The number of benzene rings is 1. The van der Waals surface area contributed by atoms with Gasteiger partial charge in [0, 0.05) is 24.7 Å². The molecule has 0 unspecified atom stereocenters. The monoisotopic (exact) mass is 245 g/mol. The quantitative estimate of drug-likeness (QED) is 0.901. The Balaban J connectivity index is 2.66. The standard InChI is InChI=1S/C14H19N3O/c1-9-5-11(14(18-4)6-10(9)2)12-8-16-17(3)13(12)7-15/h5-6,8H,7,15H2,1-4H3. The van der Waals surface area contributed by atoms with Gasteiger partial charge in [0.05, 0.1) is 19.0 Å². The zero-order valence-corrected chi connectivity index (χ0v) is 11.3. The number of aromatic nitrogens is 2. The number of nitrogens with zero attached hydrogens (tertiary/aromatic N) is 2. The lowest BCUT2D eigenvalue weighted by Gasteiger charge is -2.12. The smallest absolute Gasteiger partial charge is 0.127 e. The third-order valence-corrected chi connectivity index (χ3v) is 3.36. The molecule has 2 rings (SSSR count). The Morgan fingerprint density at radius 2 is 1.89 bits per heavy atom. The molecule has 0 spiro atoms. The van der Waals surface area contributed by atoms with Crippen LogP contribution in [0.2, 0.25) is 0 Å². The number of hydrogen-bond acceptors (Lipinski definition) is 3. The van der Waals surface area contributed by atoms with Gasteiger partial charge in [-0.25, -0.2) is 0 Å². The summed E-state index contributed by atoms with van der Waals surface area (Å²) in [5, 5.41) is 4.27. The van der Waals surface area contributed by atoms with Crippen molar-refractivity contribution in [2.45, 2.75) is 20.4 Å². The van der Waals surface area contributed by atoms with Crippen molar-refractivity contribution in [3.63, 3.8) is 0 Å². The highest BCUT2D eigenvalue weighted by atomic mass is 16.5. The maximum atomic E-state index is 5.79. The van der Waals surface area contributed by atoms with Crippen molar-refractivity contribution < 1.29 is 4.74 Å². The summed E-state index contributed by atoms with van der Waals surface area (Å²) in [5.74, 6) is 0.862. The highest BCUT2D eigenvalue weighted by Crippen LogP contribution is 2.34. The van der Waals surface area contributed by atoms with Gasteiger partial charge in [-0.2, -0.15) is 5.10 Å². The fourth-order valence-electron chi connectivity index (χ4n) is 2.10. The number of aryl methyl sites for hydroxylation is 3. The Morgan fingerprint density at radius 3 is 2.50 bits per heavy atom. The topological polar surface area (TPSA) is 53.1 Å². The SMILES string of the molecule is COc1cc(C)c(C)cc1-c1cnn(C)c1CN. The predicted molar refractivity (Wildman–Crippen MR) is 72.6 cm³/mol. The number of ether oxygens (including phenoxy) is 1. The summed E-state index contributed by atoms with van der Waals surface area (Å²) in [6.45, 7) is 4.63. The minimum atomic E-state index is 0.460. The molecule has 4 heteroatoms. The molecule has 0 radical (unpaired) electrons. The van der Waals surface area contributed by atoms with Crippen LogP contribution in [-0.2, 0) is 13.6 Å². The van der Waals surface area contributed by atoms with E-state index in [0.717, 1.165) is 22.6 Å². The molecule has 0 amide bonds. The van der Waals surface area contributed by atoms with Gasteiger partial charge in [0.25, 0.3) is 0 Å². The maximum absolute atomic E-state index is 5.79. The van der Waals surface area contributed by atoms with Crippen LogP contribution in [0.4, 0.5) is 0 Å². The lowest BCUT2D eigenvalue weighted by Crippen LogP contribution is -2.06. The van der Waals surface area contributed by atoms with Gasteiger partial charge in [-0.1, -0.05) is 0 Å². The van der Waals surface area contributed by atoms with Crippen LogP contribution in [0.15, 0.2) is 18.3 Å². The largest absolute Gasteiger partial charge is 0.496 e. The molecule has 1 aromatic heterocycles. The van der Waals surface area contributed by atoms with Crippen molar-refractivity contribution in [1.82, 2.24) is 9.78 Å². The lowest BCUT2D eigenvalue weighted by atomic mass is 9.99. The van der Waals surface area contributed by atoms with E-state index in [9.17, 15) is 0 Å². The van der Waals surface area contributed by atoms with E-state index in [0.29, 0.717) is 6.54 Å². The molecule has 0 atom stereocenters. The normalized spacial score (nSPS) is 10.7. The molecule has 1 aromatic carbocycles. The van der Waals surface area contributed by atoms with Crippen molar-refractivity contribution in [3.05, 3.63) is 35.2 Å². The first kappa shape index (κ1) is 12.6. The van der Waals surface area contributed by atoms with E-state index in [1.807, 2.05) is 17.9 Å². The molecule has 0 aliphatic heterocycles. The molecular weight excluding hydrogens is 226 g/mol. The lowest BCUT2D eigenvalue weighted by molar-refractivity contribution is 0.416. The zero-order valence-electron chi connectivity index (χ0n) is 11.3. The van der Waals surface area contributed by atoms with Gasteiger partial charge < -0.3 is 10.5 Å². The van der Waals surface area contributed by atoms with E-state index in [1.165, 1.54) is 11.1 Å². The third kappa shape index (κ3) is 1.99. The fourth-order valence-corrected chi connectivity index (χ4v) is 2.10. The van der Waals surface area contributed by atoms with Crippen molar-refractivity contribution in [2.24, 2.45) is 12.8 Å². The van der Waals surface area contributed by atoms with Crippen LogP contribution in [0.1, 0.15) is 16.8 Å². The second-order valence-electron chi connectivity index (χ2n) is 4.47. The third-order valence-electron chi connectivity index (χ3n) is 3.36. The van der Waals surface area contributed by atoms with Crippen LogP contribution < -0.4 is 10.5 Å². The summed E-state index contributed by atoms with van der Waals surface area (Å²) in [7, 11) is 3.59. The number of nitrogens with two attached hydrogens (primary N) is 1. The Bertz CT molecular complexity index is 573. The summed E-state index contributed by atoms with van der Waals surface area (Å²) in [5.41, 5.74) is 11.3. The molecule has 2 aromatic rings. The van der Waals surface area contributed by atoms with Crippen molar-refractivity contribution in [3.8, 4) is 16.9 Å². The highest BCUT2D eigenvalue weighted by Gasteiger charge is 2.14. The minimum absolute atomic E-state index is 0.460. The number of hydrogen-bond donors (Lipinski definition) is 1. The molecule has 18 heavy (non-hydrogen) atoms. The molecule has 4 nitrogen and oxygen atoms in total. The van der Waals surface area contributed by atoms with Crippen LogP contribution in [0.25, 0.3) is 11.1 Å². The van der Waals surface area contributed by atoms with Gasteiger partial charge in [-0.3, -0.25) is 4.68 Å². The molecule has 0 aliphatic carbocycles. The molecule has 0 saturated heterocycles. The second-order valence-corrected chi connectivity index (χ2v) is 4.47. The molecule has 0 aliphatic rings. The zero-order chi connectivity index (χ0) is 13.3. The van der Waals surface area contributed by atoms with Gasteiger partial charge in [-0.05, 0) is 37.1 Å². The Morgan fingerprint density at radius 1 is 1.22 bits per heavy atom. The summed E-state index contributed by atoms with van der Waals surface area (Å²) in [4.78, 5) is 0. The van der Waals surface area contributed by atoms with Crippen molar-refractivity contribution in [1.29, 1.82) is 0 Å². The number of rotatable bonds is 3. The Hall–Kier alpha value is -1.81. The average molecular weight is 245 g/mol. The minimum Gasteiger partial charge on any atom is -0.496 e. The van der Waals surface area contributed by atoms with Crippen LogP contribution in [0.3, 0.4) is 0 Å². The van der Waals surface area contributed by atoms with E-state index in [2.05, 4.69) is 31.1 Å². The molecule has 96 valence electrons. The summed E-state index contributed by atoms with van der Waals surface area (Å²) >= 11 is 0. The average Bonchev–Trinajstić information content (AvgIpc) is 2.73. The molecule has 0 bridgehead atoms. The van der Waals surface area contributed by atoms with Crippen LogP contribution in [0.5, 0.6) is 5.75 Å².